The molecule has 0 aliphatic heterocycles. The number of carbonyl (C=O) groups is 1. The second kappa shape index (κ2) is 6.94. The maximum absolute atomic E-state index is 11.3. The summed E-state index contributed by atoms with van der Waals surface area (Å²) in [5.41, 5.74) is 1.24. The van der Waals surface area contributed by atoms with Gasteiger partial charge in [0.25, 0.3) is 0 Å². The maximum atomic E-state index is 11.3. The maximum Gasteiger partial charge on any atom is 0.222 e. The molecule has 0 unspecified atom stereocenters. The molecule has 0 atom stereocenters. The molecule has 0 aliphatic carbocycles. The summed E-state index contributed by atoms with van der Waals surface area (Å²) < 4.78 is 5.16. The predicted molar refractivity (Wildman–Crippen MR) is 69.2 cm³/mol. The van der Waals surface area contributed by atoms with E-state index in [2.05, 4.69) is 11.4 Å². The third-order valence-electron chi connectivity index (χ3n) is 2.60. The van der Waals surface area contributed by atoms with E-state index in [0.29, 0.717) is 0 Å². The van der Waals surface area contributed by atoms with Crippen LogP contribution in [-0.2, 0) is 11.2 Å². The summed E-state index contributed by atoms with van der Waals surface area (Å²) in [6.45, 7) is 4.53. The second-order valence-corrected chi connectivity index (χ2v) is 4.40. The van der Waals surface area contributed by atoms with Crippen LogP contribution in [0.5, 0.6) is 5.75 Å². The number of amides is 1. The van der Waals surface area contributed by atoms with Crippen LogP contribution >= 0.6 is 0 Å². The lowest BCUT2D eigenvalue weighted by molar-refractivity contribution is -0.123. The zero-order chi connectivity index (χ0) is 12.7. The first kappa shape index (κ1) is 13.6. The topological polar surface area (TPSA) is 38.3 Å². The average Bonchev–Trinajstić information content (AvgIpc) is 2.34. The van der Waals surface area contributed by atoms with Crippen molar-refractivity contribution in [1.82, 2.24) is 5.32 Å². The minimum absolute atomic E-state index is 0.0619. The van der Waals surface area contributed by atoms with Gasteiger partial charge in [0, 0.05) is 12.5 Å². The van der Waals surface area contributed by atoms with E-state index in [4.69, 9.17) is 4.74 Å². The molecule has 0 aromatic heterocycles. The van der Waals surface area contributed by atoms with E-state index in [1.165, 1.54) is 5.56 Å². The van der Waals surface area contributed by atoms with Gasteiger partial charge >= 0.3 is 0 Å². The van der Waals surface area contributed by atoms with Crippen molar-refractivity contribution in [1.29, 1.82) is 0 Å². The van der Waals surface area contributed by atoms with Crippen LogP contribution in [0, 0.1) is 5.92 Å². The van der Waals surface area contributed by atoms with Crippen molar-refractivity contribution in [3.63, 3.8) is 0 Å². The lowest BCUT2D eigenvalue weighted by Gasteiger charge is -2.08. The molecule has 1 aromatic carbocycles. The second-order valence-electron chi connectivity index (χ2n) is 4.40. The van der Waals surface area contributed by atoms with Crippen LogP contribution in [-0.4, -0.2) is 19.6 Å². The van der Waals surface area contributed by atoms with Crippen molar-refractivity contribution < 1.29 is 9.53 Å². The number of rotatable bonds is 6. The smallest absolute Gasteiger partial charge is 0.222 e. The van der Waals surface area contributed by atoms with E-state index >= 15 is 0 Å². The standard InChI is InChI=1S/C14H21NO2/c1-11(2)14(16)15-9-5-7-12-6-4-8-13(10-12)17-3/h4,6,8,10-11H,5,7,9H2,1-3H3,(H,15,16). The molecule has 1 N–H and O–H groups in total. The highest BCUT2D eigenvalue weighted by atomic mass is 16.5. The highest BCUT2D eigenvalue weighted by Crippen LogP contribution is 2.13. The quantitative estimate of drug-likeness (QED) is 0.769. The summed E-state index contributed by atoms with van der Waals surface area (Å²) in [4.78, 5) is 11.3. The van der Waals surface area contributed by atoms with E-state index in [-0.39, 0.29) is 11.8 Å². The Morgan fingerprint density at radius 1 is 1.41 bits per heavy atom. The van der Waals surface area contributed by atoms with Gasteiger partial charge in [-0.05, 0) is 30.5 Å². The summed E-state index contributed by atoms with van der Waals surface area (Å²) in [6, 6.07) is 8.03. The SMILES string of the molecule is COc1cccc(CCCNC(=O)C(C)C)c1. The zero-order valence-electron chi connectivity index (χ0n) is 10.8. The third kappa shape index (κ3) is 4.89. The van der Waals surface area contributed by atoms with Crippen molar-refractivity contribution in [2.24, 2.45) is 5.92 Å². The van der Waals surface area contributed by atoms with E-state index in [1.54, 1.807) is 7.11 Å². The Morgan fingerprint density at radius 3 is 2.82 bits per heavy atom. The minimum Gasteiger partial charge on any atom is -0.497 e. The summed E-state index contributed by atoms with van der Waals surface area (Å²) in [5, 5.41) is 2.91. The lowest BCUT2D eigenvalue weighted by Crippen LogP contribution is -2.28. The van der Waals surface area contributed by atoms with Crippen LogP contribution < -0.4 is 10.1 Å². The van der Waals surface area contributed by atoms with Crippen LogP contribution in [0.15, 0.2) is 24.3 Å². The van der Waals surface area contributed by atoms with Crippen molar-refractivity contribution in [2.75, 3.05) is 13.7 Å². The number of ether oxygens (including phenoxy) is 1. The summed E-state index contributed by atoms with van der Waals surface area (Å²) in [5.74, 6) is 1.07. The third-order valence-corrected chi connectivity index (χ3v) is 2.60. The summed E-state index contributed by atoms with van der Waals surface area (Å²) in [7, 11) is 1.67. The molecule has 3 nitrogen and oxygen atoms in total. The molecule has 0 fully saturated rings. The molecule has 0 heterocycles. The Morgan fingerprint density at radius 2 is 2.18 bits per heavy atom. The van der Waals surface area contributed by atoms with Crippen molar-refractivity contribution in [3.05, 3.63) is 29.8 Å². The van der Waals surface area contributed by atoms with Gasteiger partial charge in [-0.15, -0.1) is 0 Å². The van der Waals surface area contributed by atoms with Gasteiger partial charge in [0.2, 0.25) is 5.91 Å². The fourth-order valence-corrected chi connectivity index (χ4v) is 1.54. The minimum atomic E-state index is 0.0619. The number of aryl methyl sites for hydroxylation is 1. The first-order chi connectivity index (χ1) is 8.13. The summed E-state index contributed by atoms with van der Waals surface area (Å²) in [6.07, 6.45) is 1.90. The molecule has 0 aliphatic rings. The fourth-order valence-electron chi connectivity index (χ4n) is 1.54. The molecule has 0 bridgehead atoms. The van der Waals surface area contributed by atoms with Crippen LogP contribution in [0.25, 0.3) is 0 Å². The van der Waals surface area contributed by atoms with Crippen LogP contribution in [0.3, 0.4) is 0 Å². The Hall–Kier alpha value is -1.51. The summed E-state index contributed by atoms with van der Waals surface area (Å²) >= 11 is 0. The van der Waals surface area contributed by atoms with Gasteiger partial charge < -0.3 is 10.1 Å². The number of carbonyl (C=O) groups excluding carboxylic acids is 1. The molecule has 3 heteroatoms. The van der Waals surface area contributed by atoms with Gasteiger partial charge in [-0.25, -0.2) is 0 Å². The molecular formula is C14H21NO2. The van der Waals surface area contributed by atoms with Crippen LogP contribution in [0.2, 0.25) is 0 Å². The molecule has 17 heavy (non-hydrogen) atoms. The fraction of sp³-hybridized carbons (Fsp3) is 0.500. The molecular weight excluding hydrogens is 214 g/mol. The molecule has 0 spiro atoms. The Labute approximate surface area is 103 Å². The van der Waals surface area contributed by atoms with Gasteiger partial charge in [0.05, 0.1) is 7.11 Å². The first-order valence-corrected chi connectivity index (χ1v) is 6.04. The van der Waals surface area contributed by atoms with E-state index in [0.717, 1.165) is 25.1 Å². The number of benzene rings is 1. The molecule has 94 valence electrons. The van der Waals surface area contributed by atoms with Gasteiger partial charge in [-0.1, -0.05) is 26.0 Å². The largest absolute Gasteiger partial charge is 0.497 e. The first-order valence-electron chi connectivity index (χ1n) is 6.04. The molecule has 1 aromatic rings. The number of hydrogen-bond donors (Lipinski definition) is 1. The lowest BCUT2D eigenvalue weighted by atomic mass is 10.1. The number of nitrogens with one attached hydrogen (secondary N) is 1. The van der Waals surface area contributed by atoms with E-state index in [1.807, 2.05) is 32.0 Å². The number of methoxy groups -OCH3 is 1. The van der Waals surface area contributed by atoms with Gasteiger partial charge in [-0.2, -0.15) is 0 Å². The molecule has 1 amide bonds. The zero-order valence-corrected chi connectivity index (χ0v) is 10.8. The van der Waals surface area contributed by atoms with Crippen molar-refractivity contribution in [3.8, 4) is 5.75 Å². The Balaban J connectivity index is 2.28. The number of hydrogen-bond acceptors (Lipinski definition) is 2. The Bertz CT molecular complexity index is 361. The molecule has 1 rings (SSSR count). The predicted octanol–water partition coefficient (Wildman–Crippen LogP) is 2.40. The molecule has 0 radical (unpaired) electrons. The highest BCUT2D eigenvalue weighted by molar-refractivity contribution is 5.77. The molecule has 0 saturated carbocycles. The van der Waals surface area contributed by atoms with Crippen molar-refractivity contribution in [2.45, 2.75) is 26.7 Å². The normalized spacial score (nSPS) is 10.4. The van der Waals surface area contributed by atoms with Crippen LogP contribution in [0.1, 0.15) is 25.8 Å². The van der Waals surface area contributed by atoms with E-state index < -0.39 is 0 Å². The van der Waals surface area contributed by atoms with Gasteiger partial charge in [-0.3, -0.25) is 4.79 Å². The van der Waals surface area contributed by atoms with Gasteiger partial charge in [0.1, 0.15) is 5.75 Å². The Kier molecular flexibility index (Phi) is 5.53. The average molecular weight is 235 g/mol. The molecule has 0 saturated heterocycles. The monoisotopic (exact) mass is 235 g/mol. The van der Waals surface area contributed by atoms with Gasteiger partial charge in [0.15, 0.2) is 0 Å². The van der Waals surface area contributed by atoms with Crippen LogP contribution in [0.4, 0.5) is 0 Å². The van der Waals surface area contributed by atoms with E-state index in [9.17, 15) is 4.79 Å². The highest BCUT2D eigenvalue weighted by Gasteiger charge is 2.04. The van der Waals surface area contributed by atoms with Crippen molar-refractivity contribution >= 4 is 5.91 Å².